The second-order valence-corrected chi connectivity index (χ2v) is 9.89. The fourth-order valence-electron chi connectivity index (χ4n) is 4.75. The first-order valence-electron chi connectivity index (χ1n) is 11.1. The topological polar surface area (TPSA) is 62.5 Å². The van der Waals surface area contributed by atoms with Gasteiger partial charge < -0.3 is 14.6 Å². The number of aliphatic carboxylic acids is 1. The number of nitrogens with zero attached hydrogens (tertiary/aromatic N) is 2. The molecule has 4 rings (SSSR count). The molecule has 1 amide bonds. The molecular formula is C25H22Cl2F4N2O3. The Balaban J connectivity index is 1.67. The van der Waals surface area contributed by atoms with Crippen LogP contribution in [0.5, 0.6) is 0 Å². The number of hydrogen-bond donors (Lipinski definition) is 1. The number of piperidine rings is 1. The highest BCUT2D eigenvalue weighted by Crippen LogP contribution is 2.36. The summed E-state index contributed by atoms with van der Waals surface area (Å²) in [5.41, 5.74) is -0.0224. The van der Waals surface area contributed by atoms with Gasteiger partial charge >= 0.3 is 12.1 Å². The van der Waals surface area contributed by atoms with E-state index >= 15 is 0 Å². The third kappa shape index (κ3) is 4.78. The second kappa shape index (κ2) is 9.59. The number of rotatable bonds is 4. The van der Waals surface area contributed by atoms with E-state index in [2.05, 4.69) is 0 Å². The van der Waals surface area contributed by atoms with Crippen LogP contribution in [0.4, 0.5) is 17.6 Å². The van der Waals surface area contributed by atoms with Gasteiger partial charge in [0.05, 0.1) is 27.6 Å². The maximum absolute atomic E-state index is 14.5. The Bertz CT molecular complexity index is 1370. The number of alkyl halides is 3. The van der Waals surface area contributed by atoms with Gasteiger partial charge in [-0.2, -0.15) is 13.2 Å². The van der Waals surface area contributed by atoms with Gasteiger partial charge in [-0.05, 0) is 48.2 Å². The van der Waals surface area contributed by atoms with E-state index in [0.29, 0.717) is 23.7 Å². The van der Waals surface area contributed by atoms with Crippen molar-refractivity contribution in [3.8, 4) is 0 Å². The molecule has 192 valence electrons. The minimum atomic E-state index is -4.70. The van der Waals surface area contributed by atoms with E-state index in [0.717, 1.165) is 6.07 Å². The molecule has 1 N–H and O–H groups in total. The highest BCUT2D eigenvalue weighted by molar-refractivity contribution is 6.38. The van der Waals surface area contributed by atoms with Gasteiger partial charge in [-0.25, -0.2) is 4.39 Å². The van der Waals surface area contributed by atoms with Gasteiger partial charge in [0.1, 0.15) is 5.82 Å². The molecule has 0 radical (unpaired) electrons. The van der Waals surface area contributed by atoms with Crippen molar-refractivity contribution in [1.82, 2.24) is 9.47 Å². The molecule has 1 aliphatic rings. The molecule has 0 spiro atoms. The van der Waals surface area contributed by atoms with Crippen molar-refractivity contribution in [2.45, 2.75) is 25.9 Å². The van der Waals surface area contributed by atoms with Crippen LogP contribution in [0.3, 0.4) is 0 Å². The van der Waals surface area contributed by atoms with E-state index in [4.69, 9.17) is 23.2 Å². The lowest BCUT2D eigenvalue weighted by Gasteiger charge is -2.35. The van der Waals surface area contributed by atoms with Crippen LogP contribution in [-0.2, 0) is 24.4 Å². The van der Waals surface area contributed by atoms with Gasteiger partial charge in [0, 0.05) is 42.7 Å². The molecule has 1 aliphatic heterocycles. The number of halogens is 6. The number of carboxylic acids is 1. The van der Waals surface area contributed by atoms with Gasteiger partial charge in [0.15, 0.2) is 0 Å². The quantitative estimate of drug-likeness (QED) is 0.385. The van der Waals surface area contributed by atoms with Crippen molar-refractivity contribution in [1.29, 1.82) is 0 Å². The maximum atomic E-state index is 14.5. The molecule has 0 aliphatic carbocycles. The van der Waals surface area contributed by atoms with Crippen LogP contribution in [0.1, 0.15) is 40.5 Å². The Morgan fingerprint density at radius 2 is 1.86 bits per heavy atom. The smallest absolute Gasteiger partial charge is 0.416 e. The molecule has 0 unspecified atom stereocenters. The largest absolute Gasteiger partial charge is 0.481 e. The van der Waals surface area contributed by atoms with E-state index < -0.39 is 29.4 Å². The summed E-state index contributed by atoms with van der Waals surface area (Å²) >= 11 is 13.0. The van der Waals surface area contributed by atoms with E-state index in [1.807, 2.05) is 0 Å². The van der Waals surface area contributed by atoms with Gasteiger partial charge in [-0.15, -0.1) is 0 Å². The van der Waals surface area contributed by atoms with Crippen LogP contribution in [-0.4, -0.2) is 39.5 Å². The second-order valence-electron chi connectivity index (χ2n) is 9.11. The summed E-state index contributed by atoms with van der Waals surface area (Å²) in [6, 6.07) is 5.77. The fourth-order valence-corrected chi connectivity index (χ4v) is 5.33. The number of likely N-dealkylation sites (tertiary alicyclic amines) is 1. The van der Waals surface area contributed by atoms with Gasteiger partial charge in [-0.3, -0.25) is 9.59 Å². The zero-order valence-corrected chi connectivity index (χ0v) is 20.8. The lowest BCUT2D eigenvalue weighted by atomic mass is 9.86. The highest BCUT2D eigenvalue weighted by atomic mass is 35.5. The summed E-state index contributed by atoms with van der Waals surface area (Å²) in [5.74, 6) is -3.03. The normalized spacial score (nSPS) is 18.6. The summed E-state index contributed by atoms with van der Waals surface area (Å²) in [6.45, 7) is 2.29. The van der Waals surface area contributed by atoms with Crippen LogP contribution in [0.25, 0.3) is 10.9 Å². The number of aryl methyl sites for hydroxylation is 1. The number of amides is 1. The number of fused-ring (bicyclic) bond motifs is 1. The number of hydrogen-bond acceptors (Lipinski definition) is 2. The lowest BCUT2D eigenvalue weighted by molar-refractivity contribution is -0.145. The molecule has 1 aromatic heterocycles. The third-order valence-corrected chi connectivity index (χ3v) is 7.61. The average molecular weight is 545 g/mol. The van der Waals surface area contributed by atoms with E-state index in [1.165, 1.54) is 29.8 Å². The first kappa shape index (κ1) is 26.3. The molecule has 0 saturated carbocycles. The summed E-state index contributed by atoms with van der Waals surface area (Å²) in [7, 11) is 1.52. The molecule has 2 atom stereocenters. The predicted octanol–water partition coefficient (Wildman–Crippen LogP) is 6.42. The number of carboxylic acid groups (broad SMARTS) is 1. The Morgan fingerprint density at radius 1 is 1.17 bits per heavy atom. The summed E-state index contributed by atoms with van der Waals surface area (Å²) < 4.78 is 55.4. The lowest BCUT2D eigenvalue weighted by Crippen LogP contribution is -2.45. The SMILES string of the molecule is C[C@H]1CN(C(=O)c2ccc(Cl)c(Cc3cc4c(F)cc(C(F)(F)F)cc4n3C)c2Cl)CC[C@H]1C(=O)O. The van der Waals surface area contributed by atoms with E-state index in [-0.39, 0.29) is 57.8 Å². The van der Waals surface area contributed by atoms with Crippen LogP contribution < -0.4 is 0 Å². The highest BCUT2D eigenvalue weighted by Gasteiger charge is 2.35. The molecule has 0 bridgehead atoms. The molecule has 36 heavy (non-hydrogen) atoms. The van der Waals surface area contributed by atoms with Crippen molar-refractivity contribution < 1.29 is 32.3 Å². The van der Waals surface area contributed by atoms with Gasteiger partial charge in [-0.1, -0.05) is 30.1 Å². The van der Waals surface area contributed by atoms with Crippen LogP contribution in [0.2, 0.25) is 10.0 Å². The molecule has 3 aromatic rings. The fraction of sp³-hybridized carbons (Fsp3) is 0.360. The van der Waals surface area contributed by atoms with Crippen LogP contribution in [0.15, 0.2) is 30.3 Å². The monoisotopic (exact) mass is 544 g/mol. The minimum absolute atomic E-state index is 0.0234. The zero-order chi connectivity index (χ0) is 26.5. The molecule has 1 fully saturated rings. The molecule has 1 saturated heterocycles. The maximum Gasteiger partial charge on any atom is 0.416 e. The number of carbonyl (C=O) groups excluding carboxylic acids is 1. The van der Waals surface area contributed by atoms with Crippen molar-refractivity contribution in [2.24, 2.45) is 18.9 Å². The molecule has 2 aromatic carbocycles. The Labute approximate surface area is 214 Å². The zero-order valence-electron chi connectivity index (χ0n) is 19.3. The van der Waals surface area contributed by atoms with Crippen molar-refractivity contribution in [2.75, 3.05) is 13.1 Å². The average Bonchev–Trinajstić information content (AvgIpc) is 3.11. The molecular weight excluding hydrogens is 523 g/mol. The molecule has 2 heterocycles. The molecule has 11 heteroatoms. The number of carbonyl (C=O) groups is 2. The van der Waals surface area contributed by atoms with Gasteiger partial charge in [0.2, 0.25) is 0 Å². The van der Waals surface area contributed by atoms with Crippen molar-refractivity contribution in [3.05, 3.63) is 68.6 Å². The summed E-state index contributed by atoms with van der Waals surface area (Å²) in [4.78, 5) is 26.2. The molecule has 5 nitrogen and oxygen atoms in total. The van der Waals surface area contributed by atoms with E-state index in [1.54, 1.807) is 11.8 Å². The standard InChI is InChI=1S/C25H22Cl2F4N2O3/c1-12-11-33(6-5-15(12)24(35)36)23(34)16-3-4-19(26)17(22(16)27)9-14-10-18-20(28)7-13(25(29,30)31)8-21(18)32(14)2/h3-4,7-8,10,12,15H,5-6,9,11H2,1-2H3,(H,35,36)/t12-,15+/m0/s1. The summed E-state index contributed by atoms with van der Waals surface area (Å²) in [6.07, 6.45) is -4.33. The Morgan fingerprint density at radius 3 is 2.47 bits per heavy atom. The first-order chi connectivity index (χ1) is 16.8. The number of benzene rings is 2. The summed E-state index contributed by atoms with van der Waals surface area (Å²) in [5, 5.41) is 9.68. The van der Waals surface area contributed by atoms with Crippen LogP contribution in [0, 0.1) is 17.7 Å². The van der Waals surface area contributed by atoms with Crippen LogP contribution >= 0.6 is 23.2 Å². The number of aromatic nitrogens is 1. The Kier molecular flexibility index (Phi) is 7.00. The predicted molar refractivity (Wildman–Crippen MR) is 128 cm³/mol. The van der Waals surface area contributed by atoms with E-state index in [9.17, 15) is 32.3 Å². The van der Waals surface area contributed by atoms with Crippen molar-refractivity contribution >= 4 is 46.0 Å². The minimum Gasteiger partial charge on any atom is -0.481 e. The van der Waals surface area contributed by atoms with Crippen molar-refractivity contribution in [3.63, 3.8) is 0 Å². The van der Waals surface area contributed by atoms with Gasteiger partial charge in [0.25, 0.3) is 5.91 Å². The third-order valence-electron chi connectivity index (χ3n) is 6.82. The first-order valence-corrected chi connectivity index (χ1v) is 11.9. The Hall–Kier alpha value is -2.78.